The minimum atomic E-state index is -5.17. The lowest BCUT2D eigenvalue weighted by Crippen LogP contribution is -2.38. The van der Waals surface area contributed by atoms with E-state index in [-0.39, 0.29) is 53.8 Å². The second kappa shape index (κ2) is 9.16. The lowest BCUT2D eigenvalue weighted by atomic mass is 9.84. The zero-order valence-corrected chi connectivity index (χ0v) is 22.1. The average molecular weight is 560 g/mol. The number of amides is 1. The number of hydrogen-bond acceptors (Lipinski definition) is 8. The van der Waals surface area contributed by atoms with E-state index in [4.69, 9.17) is 14.5 Å². The first-order valence-corrected chi connectivity index (χ1v) is 13.6. The van der Waals surface area contributed by atoms with Gasteiger partial charge in [0.15, 0.2) is 5.82 Å². The molecule has 5 rings (SSSR count). The van der Waals surface area contributed by atoms with Crippen LogP contribution in [0.15, 0.2) is 35.3 Å². The zero-order valence-electron chi connectivity index (χ0n) is 21.2. The molecule has 2 aromatic heterocycles. The number of phosphoric ester groups is 1. The number of phosphoric acid groups is 1. The summed E-state index contributed by atoms with van der Waals surface area (Å²) in [6.45, 7) is 9.23. The van der Waals surface area contributed by atoms with Crippen LogP contribution in [-0.4, -0.2) is 36.6 Å². The predicted molar refractivity (Wildman–Crippen MR) is 140 cm³/mol. The van der Waals surface area contributed by atoms with Crippen molar-refractivity contribution in [1.82, 2.24) is 9.55 Å². The Kier molecular flexibility index (Phi) is 6.30. The first-order valence-electron chi connectivity index (χ1n) is 12.0. The number of ether oxygens (including phenoxy) is 1. The molecule has 4 heterocycles. The predicted octanol–water partition coefficient (Wildman–Crippen LogP) is 3.67. The van der Waals surface area contributed by atoms with Crippen LogP contribution in [0.2, 0.25) is 0 Å². The summed E-state index contributed by atoms with van der Waals surface area (Å²) >= 11 is 0. The van der Waals surface area contributed by atoms with E-state index in [2.05, 4.69) is 26.7 Å². The molecule has 0 saturated carbocycles. The van der Waals surface area contributed by atoms with Gasteiger partial charge in [0.1, 0.15) is 23.7 Å². The summed E-state index contributed by atoms with van der Waals surface area (Å²) in [6.07, 6.45) is -1.31. The van der Waals surface area contributed by atoms with E-state index in [1.807, 2.05) is 0 Å². The molecule has 206 valence electrons. The van der Waals surface area contributed by atoms with Crippen LogP contribution in [0.3, 0.4) is 0 Å². The fraction of sp³-hybridized carbons (Fsp3) is 0.320. The van der Waals surface area contributed by atoms with Crippen molar-refractivity contribution >= 4 is 36.2 Å². The van der Waals surface area contributed by atoms with Crippen molar-refractivity contribution in [2.75, 3.05) is 10.6 Å². The number of carbonyl (C=O) groups excluding carboxylic acids is 1. The van der Waals surface area contributed by atoms with Crippen molar-refractivity contribution < 1.29 is 37.9 Å². The highest BCUT2D eigenvalue weighted by atomic mass is 31.2. The van der Waals surface area contributed by atoms with Crippen LogP contribution in [0.5, 0.6) is 0 Å². The van der Waals surface area contributed by atoms with Crippen LogP contribution in [0, 0.1) is 5.82 Å². The second-order valence-corrected chi connectivity index (χ2v) is 10.9. The summed E-state index contributed by atoms with van der Waals surface area (Å²) < 4.78 is 37.4. The van der Waals surface area contributed by atoms with E-state index in [1.165, 1.54) is 4.57 Å². The summed E-state index contributed by atoms with van der Waals surface area (Å²) in [6, 6.07) is 4.21. The third-order valence-electron chi connectivity index (χ3n) is 6.80. The van der Waals surface area contributed by atoms with Crippen LogP contribution in [0.1, 0.15) is 43.9 Å². The van der Waals surface area contributed by atoms with E-state index in [9.17, 15) is 19.3 Å². The van der Waals surface area contributed by atoms with Gasteiger partial charge in [-0.25, -0.2) is 18.7 Å². The third-order valence-corrected chi connectivity index (χ3v) is 7.20. The molecule has 5 N–H and O–H groups in total. The number of benzene rings is 1. The monoisotopic (exact) mass is 560 g/mol. The fourth-order valence-corrected chi connectivity index (χ4v) is 5.26. The normalized spacial score (nSPS) is 17.9. The average Bonchev–Trinajstić information content (AvgIpc) is 3.19. The van der Waals surface area contributed by atoms with Crippen molar-refractivity contribution in [2.45, 2.75) is 52.0 Å². The largest absolute Gasteiger partial charge is 0.528 e. The van der Waals surface area contributed by atoms with Gasteiger partial charge in [-0.1, -0.05) is 13.5 Å². The van der Waals surface area contributed by atoms with Gasteiger partial charge in [-0.2, -0.15) is 0 Å². The Morgan fingerprint density at radius 2 is 2.05 bits per heavy atom. The molecule has 0 spiro atoms. The fourth-order valence-electron chi connectivity index (χ4n) is 5.00. The van der Waals surface area contributed by atoms with E-state index >= 15 is 4.39 Å². The lowest BCUT2D eigenvalue weighted by Gasteiger charge is -2.35. The molecule has 0 bridgehead atoms. The SMILES string of the molecule is C=C1OCc2c(cc3n(c2=O)Cc2cc4c(NC(C)C)c(NC(=O)OP(=O)(O)O)c(F)cc4nc2-3)[C@@]1(O)CC. The van der Waals surface area contributed by atoms with E-state index in [0.29, 0.717) is 33.5 Å². The number of nitrogens with one attached hydrogen (secondary N) is 2. The van der Waals surface area contributed by atoms with E-state index in [1.54, 1.807) is 32.9 Å². The molecule has 0 unspecified atom stereocenters. The Bertz CT molecular complexity index is 1680. The van der Waals surface area contributed by atoms with Crippen molar-refractivity contribution in [1.29, 1.82) is 0 Å². The van der Waals surface area contributed by atoms with Gasteiger partial charge < -0.3 is 24.3 Å². The zero-order chi connectivity index (χ0) is 28.4. The summed E-state index contributed by atoms with van der Waals surface area (Å²) in [5, 5.41) is 16.8. The minimum Gasteiger partial charge on any atom is -0.490 e. The molecule has 1 amide bonds. The Hall–Kier alpha value is -3.77. The van der Waals surface area contributed by atoms with Crippen LogP contribution >= 0.6 is 7.82 Å². The summed E-state index contributed by atoms with van der Waals surface area (Å²) in [5.41, 5.74) is 0.235. The van der Waals surface area contributed by atoms with Crippen LogP contribution < -0.4 is 16.2 Å². The van der Waals surface area contributed by atoms with Crippen LogP contribution in [0.25, 0.3) is 22.3 Å². The van der Waals surface area contributed by atoms with Gasteiger partial charge in [0.25, 0.3) is 5.56 Å². The lowest BCUT2D eigenvalue weighted by molar-refractivity contribution is -0.0172. The summed E-state index contributed by atoms with van der Waals surface area (Å²) in [5.74, 6) is -0.786. The van der Waals surface area contributed by atoms with Crippen molar-refractivity contribution in [2.24, 2.45) is 0 Å². The first kappa shape index (κ1) is 26.8. The van der Waals surface area contributed by atoms with Crippen LogP contribution in [0.4, 0.5) is 20.6 Å². The van der Waals surface area contributed by atoms with Gasteiger partial charge in [-0.3, -0.25) is 19.9 Å². The second-order valence-electron chi connectivity index (χ2n) is 9.70. The number of aromatic nitrogens is 2. The highest BCUT2D eigenvalue weighted by molar-refractivity contribution is 7.46. The highest BCUT2D eigenvalue weighted by Gasteiger charge is 2.41. The van der Waals surface area contributed by atoms with Crippen molar-refractivity contribution in [3.05, 3.63) is 63.4 Å². The van der Waals surface area contributed by atoms with Crippen molar-refractivity contribution in [3.63, 3.8) is 0 Å². The maximum absolute atomic E-state index is 15.3. The van der Waals surface area contributed by atoms with Gasteiger partial charge in [-0.05, 0) is 32.4 Å². The quantitative estimate of drug-likeness (QED) is 0.227. The Morgan fingerprint density at radius 3 is 2.69 bits per heavy atom. The number of anilines is 2. The molecule has 1 aromatic carbocycles. The Labute approximate surface area is 221 Å². The molecule has 0 aliphatic carbocycles. The number of aliphatic hydroxyl groups is 1. The molecule has 12 nitrogen and oxygen atoms in total. The van der Waals surface area contributed by atoms with Crippen LogP contribution in [-0.2, 0) is 32.6 Å². The Balaban J connectivity index is 1.69. The molecule has 2 aliphatic heterocycles. The number of hydrogen-bond donors (Lipinski definition) is 5. The van der Waals surface area contributed by atoms with Gasteiger partial charge in [0, 0.05) is 28.6 Å². The smallest absolute Gasteiger partial charge is 0.490 e. The molecule has 3 aromatic rings. The third kappa shape index (κ3) is 4.47. The van der Waals surface area contributed by atoms with Gasteiger partial charge in [0.05, 0.1) is 34.7 Å². The van der Waals surface area contributed by atoms with Gasteiger partial charge in [-0.15, -0.1) is 0 Å². The maximum atomic E-state index is 15.3. The number of pyridine rings is 2. The van der Waals surface area contributed by atoms with E-state index < -0.39 is 25.3 Å². The molecule has 39 heavy (non-hydrogen) atoms. The molecular weight excluding hydrogens is 534 g/mol. The highest BCUT2D eigenvalue weighted by Crippen LogP contribution is 2.43. The van der Waals surface area contributed by atoms with Crippen molar-refractivity contribution in [3.8, 4) is 11.4 Å². The summed E-state index contributed by atoms with van der Waals surface area (Å²) in [7, 11) is -5.17. The standard InChI is InChI=1S/C25H26FN4O8P/c1-5-25(33)12(4)37-10-15-16(25)7-19-20-13(9-30(19)23(15)31)6-14-18(28-20)8-17(26)22(21(14)27-11(2)3)29-24(32)38-39(34,35)36/h6-8,11,27,33H,4-5,9-10H2,1-3H3,(H,29,32)(H2,34,35,36)/t25-/m1/s1. The first-order chi connectivity index (χ1) is 18.2. The number of rotatable bonds is 5. The maximum Gasteiger partial charge on any atom is 0.528 e. The number of nitrogens with zero attached hydrogens (tertiary/aromatic N) is 2. The number of carbonyl (C=O) groups is 1. The molecule has 0 radical (unpaired) electrons. The summed E-state index contributed by atoms with van der Waals surface area (Å²) in [4.78, 5) is 48.0. The van der Waals surface area contributed by atoms with E-state index in [0.717, 1.165) is 6.07 Å². The topological polar surface area (TPSA) is 172 Å². The molecule has 1 atom stereocenters. The Morgan fingerprint density at radius 1 is 1.33 bits per heavy atom. The molecule has 0 fully saturated rings. The van der Waals surface area contributed by atoms with Gasteiger partial charge in [0.2, 0.25) is 0 Å². The molecule has 0 saturated heterocycles. The molecule has 14 heteroatoms. The number of halogens is 1. The molecular formula is C25H26FN4O8P. The molecule has 2 aliphatic rings. The number of fused-ring (bicyclic) bond motifs is 5. The van der Waals surface area contributed by atoms with Gasteiger partial charge >= 0.3 is 13.9 Å². The minimum absolute atomic E-state index is 0.0330.